The highest BCUT2D eigenvalue weighted by Crippen LogP contribution is 2.40. The molecule has 5 aliphatic rings. The lowest BCUT2D eigenvalue weighted by molar-refractivity contribution is -0.156. The molecule has 0 aromatic heterocycles. The van der Waals surface area contributed by atoms with Crippen molar-refractivity contribution >= 4 is 11.8 Å². The second-order valence-electron chi connectivity index (χ2n) is 9.18. The first-order valence-corrected chi connectivity index (χ1v) is 11.3. The number of benzene rings is 1. The third-order valence-electron chi connectivity index (χ3n) is 7.26. The first kappa shape index (κ1) is 20.7. The Kier molecular flexibility index (Phi) is 5.60. The molecule has 7 nitrogen and oxygen atoms in total. The van der Waals surface area contributed by atoms with Crippen LogP contribution in [0.5, 0.6) is 5.75 Å². The van der Waals surface area contributed by atoms with Crippen LogP contribution in [0.3, 0.4) is 0 Å². The molecule has 168 valence electrons. The lowest BCUT2D eigenvalue weighted by Gasteiger charge is -2.51. The van der Waals surface area contributed by atoms with Gasteiger partial charge in [-0.05, 0) is 62.6 Å². The minimum atomic E-state index is -0.637. The number of hydrogen-bond acceptors (Lipinski definition) is 5. The van der Waals surface area contributed by atoms with Crippen LogP contribution in [-0.2, 0) is 19.1 Å². The monoisotopic (exact) mass is 432 g/mol. The molecular weight excluding hydrogens is 403 g/mol. The molecular formula is C23H29FN2O5. The number of hydrogen-bond donors (Lipinski definition) is 1. The Balaban J connectivity index is 1.46. The standard InChI is InChI=1S/C23H29FN2O5/c24-16-4-7-19-18(10-16)15-2-5-17(6-3-15)30-11-20-23(14-29-12-21(27)25-23)8-1-9-26(20)22(28)13-31-19/h4,7,10,15,17,20H,1-3,5-6,8-9,11-14H2,(H,25,27)/t15-,17+,20?,23?. The first-order valence-electron chi connectivity index (χ1n) is 11.3. The van der Waals surface area contributed by atoms with E-state index in [9.17, 15) is 14.0 Å². The Morgan fingerprint density at radius 2 is 1.97 bits per heavy atom. The van der Waals surface area contributed by atoms with E-state index < -0.39 is 5.54 Å². The number of carbonyl (C=O) groups is 2. The van der Waals surface area contributed by atoms with Crippen molar-refractivity contribution in [2.45, 2.75) is 62.1 Å². The fourth-order valence-corrected chi connectivity index (χ4v) is 5.68. The lowest BCUT2D eigenvalue weighted by atomic mass is 9.80. The summed E-state index contributed by atoms with van der Waals surface area (Å²) in [6.45, 7) is 1.22. The highest BCUT2D eigenvalue weighted by molar-refractivity contribution is 5.81. The highest BCUT2D eigenvalue weighted by atomic mass is 19.1. The third kappa shape index (κ3) is 4.03. The average Bonchev–Trinajstić information content (AvgIpc) is 2.78. The summed E-state index contributed by atoms with van der Waals surface area (Å²) in [6.07, 6.45) is 5.11. The van der Waals surface area contributed by atoms with E-state index in [1.54, 1.807) is 17.0 Å². The molecule has 6 rings (SSSR count). The van der Waals surface area contributed by atoms with Crippen LogP contribution in [0.2, 0.25) is 0 Å². The number of amides is 2. The molecule has 2 amide bonds. The number of halogens is 1. The van der Waals surface area contributed by atoms with Crippen molar-refractivity contribution in [3.05, 3.63) is 29.6 Å². The Labute approximate surface area is 181 Å². The topological polar surface area (TPSA) is 77.1 Å². The Bertz CT molecular complexity index is 852. The van der Waals surface area contributed by atoms with Gasteiger partial charge in [0.05, 0.1) is 30.9 Å². The Morgan fingerprint density at radius 1 is 1.13 bits per heavy atom. The van der Waals surface area contributed by atoms with Gasteiger partial charge in [0, 0.05) is 12.1 Å². The third-order valence-corrected chi connectivity index (χ3v) is 7.26. The summed E-state index contributed by atoms with van der Waals surface area (Å²) in [4.78, 5) is 27.2. The Morgan fingerprint density at radius 3 is 2.77 bits per heavy atom. The minimum Gasteiger partial charge on any atom is -0.483 e. The molecule has 3 fully saturated rings. The fourth-order valence-electron chi connectivity index (χ4n) is 5.68. The van der Waals surface area contributed by atoms with Crippen molar-refractivity contribution in [3.63, 3.8) is 0 Å². The van der Waals surface area contributed by atoms with Gasteiger partial charge in [0.2, 0.25) is 5.91 Å². The molecule has 8 heteroatoms. The zero-order valence-electron chi connectivity index (χ0n) is 17.6. The van der Waals surface area contributed by atoms with Gasteiger partial charge >= 0.3 is 0 Å². The van der Waals surface area contributed by atoms with Crippen LogP contribution < -0.4 is 10.1 Å². The summed E-state index contributed by atoms with van der Waals surface area (Å²) in [7, 11) is 0. The number of nitrogens with one attached hydrogen (secondary N) is 1. The summed E-state index contributed by atoms with van der Waals surface area (Å²) in [6, 6.07) is 4.24. The SMILES string of the molecule is O=C1COCC2(CCCN3C(=O)COc4ccc(F)cc4[C@H]4CC[C@H](CC4)OCC32)N1. The molecule has 4 aliphatic heterocycles. The predicted molar refractivity (Wildman–Crippen MR) is 109 cm³/mol. The molecule has 1 saturated carbocycles. The van der Waals surface area contributed by atoms with Crippen molar-refractivity contribution < 1.29 is 28.2 Å². The van der Waals surface area contributed by atoms with Crippen LogP contribution in [0.4, 0.5) is 4.39 Å². The molecule has 31 heavy (non-hydrogen) atoms. The van der Waals surface area contributed by atoms with E-state index in [0.717, 1.165) is 44.1 Å². The van der Waals surface area contributed by atoms with Crippen LogP contribution in [0.25, 0.3) is 0 Å². The number of piperidine rings is 1. The molecule has 1 aromatic carbocycles. The van der Waals surface area contributed by atoms with Gasteiger partial charge in [-0.25, -0.2) is 4.39 Å². The normalized spacial score (nSPS) is 34.0. The Hall–Kier alpha value is -2.19. The van der Waals surface area contributed by atoms with Crippen LogP contribution in [0, 0.1) is 5.82 Å². The molecule has 2 atom stereocenters. The van der Waals surface area contributed by atoms with Crippen LogP contribution in [0.1, 0.15) is 50.0 Å². The molecule has 1 aromatic rings. The lowest BCUT2D eigenvalue weighted by Crippen LogP contribution is -2.72. The van der Waals surface area contributed by atoms with Crippen molar-refractivity contribution in [2.24, 2.45) is 0 Å². The summed E-state index contributed by atoms with van der Waals surface area (Å²) in [5.74, 6) is 0.172. The summed E-state index contributed by atoms with van der Waals surface area (Å²) >= 11 is 0. The van der Waals surface area contributed by atoms with Gasteiger partial charge in [-0.1, -0.05) is 0 Å². The second kappa shape index (κ2) is 8.39. The van der Waals surface area contributed by atoms with Crippen LogP contribution in [0.15, 0.2) is 18.2 Å². The molecule has 0 radical (unpaired) electrons. The van der Waals surface area contributed by atoms with Crippen LogP contribution in [-0.4, -0.2) is 67.4 Å². The van der Waals surface area contributed by atoms with Crippen molar-refractivity contribution in [1.29, 1.82) is 0 Å². The van der Waals surface area contributed by atoms with E-state index in [1.807, 2.05) is 0 Å². The predicted octanol–water partition coefficient (Wildman–Crippen LogP) is 2.14. The zero-order chi connectivity index (χ0) is 21.4. The zero-order valence-corrected chi connectivity index (χ0v) is 17.6. The van der Waals surface area contributed by atoms with Gasteiger partial charge in [-0.2, -0.15) is 0 Å². The van der Waals surface area contributed by atoms with E-state index in [1.165, 1.54) is 6.07 Å². The van der Waals surface area contributed by atoms with Crippen molar-refractivity contribution in [2.75, 3.05) is 33.0 Å². The van der Waals surface area contributed by atoms with Crippen molar-refractivity contribution in [3.8, 4) is 5.75 Å². The number of ether oxygens (including phenoxy) is 3. The smallest absolute Gasteiger partial charge is 0.260 e. The average molecular weight is 432 g/mol. The van der Waals surface area contributed by atoms with Gasteiger partial charge in [0.1, 0.15) is 18.2 Å². The number of nitrogens with zero attached hydrogens (tertiary/aromatic N) is 1. The van der Waals surface area contributed by atoms with Gasteiger partial charge in [0.25, 0.3) is 5.91 Å². The summed E-state index contributed by atoms with van der Waals surface area (Å²) in [5.41, 5.74) is 0.201. The minimum absolute atomic E-state index is 0.0454. The van der Waals surface area contributed by atoms with E-state index in [2.05, 4.69) is 5.32 Å². The number of rotatable bonds is 0. The van der Waals surface area contributed by atoms with Crippen LogP contribution >= 0.6 is 0 Å². The maximum atomic E-state index is 14.0. The van der Waals surface area contributed by atoms with E-state index in [0.29, 0.717) is 25.5 Å². The highest BCUT2D eigenvalue weighted by Gasteiger charge is 2.49. The molecule has 2 saturated heterocycles. The van der Waals surface area contributed by atoms with E-state index >= 15 is 0 Å². The van der Waals surface area contributed by atoms with Crippen molar-refractivity contribution in [1.82, 2.24) is 10.2 Å². The maximum absolute atomic E-state index is 14.0. The van der Waals surface area contributed by atoms with Gasteiger partial charge < -0.3 is 24.4 Å². The maximum Gasteiger partial charge on any atom is 0.260 e. The molecule has 4 heterocycles. The molecule has 1 aliphatic carbocycles. The summed E-state index contributed by atoms with van der Waals surface area (Å²) in [5, 5.41) is 3.12. The molecule has 2 unspecified atom stereocenters. The number of morpholine rings is 1. The number of fused-ring (bicyclic) bond motifs is 5. The van der Waals surface area contributed by atoms with E-state index in [4.69, 9.17) is 14.2 Å². The first-order chi connectivity index (χ1) is 15.0. The molecule has 1 N–H and O–H groups in total. The van der Waals surface area contributed by atoms with E-state index in [-0.39, 0.29) is 48.9 Å². The largest absolute Gasteiger partial charge is 0.483 e. The van der Waals surface area contributed by atoms with Gasteiger partial charge in [0.15, 0.2) is 6.61 Å². The molecule has 2 bridgehead atoms. The summed E-state index contributed by atoms with van der Waals surface area (Å²) < 4.78 is 31.8. The quantitative estimate of drug-likeness (QED) is 0.680. The molecule has 1 spiro atoms. The fraction of sp³-hybridized carbons (Fsp3) is 0.652. The van der Waals surface area contributed by atoms with Gasteiger partial charge in [-0.15, -0.1) is 0 Å². The number of carbonyl (C=O) groups excluding carboxylic acids is 2. The van der Waals surface area contributed by atoms with Gasteiger partial charge in [-0.3, -0.25) is 9.59 Å². The second-order valence-corrected chi connectivity index (χ2v) is 9.18.